The summed E-state index contributed by atoms with van der Waals surface area (Å²) < 4.78 is 0. The number of nitrogens with zero attached hydrogens (tertiary/aromatic N) is 1. The van der Waals surface area contributed by atoms with E-state index in [-0.39, 0.29) is 11.9 Å². The van der Waals surface area contributed by atoms with Gasteiger partial charge < -0.3 is 21.6 Å². The van der Waals surface area contributed by atoms with Crippen molar-refractivity contribution in [2.24, 2.45) is 10.9 Å². The van der Waals surface area contributed by atoms with E-state index < -0.39 is 0 Å². The standard InChI is InChI=1S/C12H16N4O2/c1-7-2-3-8(11(13)16-18)6-10(7)15-12(17)14-9-4-5-9/h2-3,6,9,18H,4-5H2,1H3,(H2,13,16)(H2,14,15,17). The number of benzene rings is 1. The maximum atomic E-state index is 11.6. The lowest BCUT2D eigenvalue weighted by Crippen LogP contribution is -2.30. The highest BCUT2D eigenvalue weighted by atomic mass is 16.4. The number of rotatable bonds is 3. The van der Waals surface area contributed by atoms with Gasteiger partial charge in [0.1, 0.15) is 0 Å². The second kappa shape index (κ2) is 4.95. The molecule has 6 nitrogen and oxygen atoms in total. The first kappa shape index (κ1) is 12.2. The Morgan fingerprint density at radius 2 is 2.22 bits per heavy atom. The highest BCUT2D eigenvalue weighted by Gasteiger charge is 2.23. The molecule has 5 N–H and O–H groups in total. The van der Waals surface area contributed by atoms with E-state index in [1.807, 2.05) is 6.92 Å². The summed E-state index contributed by atoms with van der Waals surface area (Å²) in [6.07, 6.45) is 2.08. The van der Waals surface area contributed by atoms with Crippen molar-refractivity contribution in [2.75, 3.05) is 5.32 Å². The molecule has 0 heterocycles. The fourth-order valence-corrected chi connectivity index (χ4v) is 1.55. The van der Waals surface area contributed by atoms with E-state index in [1.54, 1.807) is 18.2 Å². The van der Waals surface area contributed by atoms with Crippen molar-refractivity contribution in [3.63, 3.8) is 0 Å². The summed E-state index contributed by atoms with van der Waals surface area (Å²) in [5, 5.41) is 17.1. The van der Waals surface area contributed by atoms with E-state index in [0.29, 0.717) is 17.3 Å². The number of oxime groups is 1. The summed E-state index contributed by atoms with van der Waals surface area (Å²) in [5.74, 6) is 0.0145. The van der Waals surface area contributed by atoms with Gasteiger partial charge in [0.25, 0.3) is 0 Å². The summed E-state index contributed by atoms with van der Waals surface area (Å²) in [4.78, 5) is 11.6. The summed E-state index contributed by atoms with van der Waals surface area (Å²) in [5.41, 5.74) is 7.63. The number of carbonyl (C=O) groups is 1. The number of amides is 2. The van der Waals surface area contributed by atoms with Crippen LogP contribution in [0, 0.1) is 6.92 Å². The number of anilines is 1. The molecule has 1 aromatic carbocycles. The SMILES string of the molecule is Cc1ccc(C(N)=NO)cc1NC(=O)NC1CC1. The fraction of sp³-hybridized carbons (Fsp3) is 0.333. The quantitative estimate of drug-likeness (QED) is 0.281. The molecule has 0 atom stereocenters. The maximum absolute atomic E-state index is 11.6. The minimum atomic E-state index is -0.225. The number of urea groups is 1. The topological polar surface area (TPSA) is 99.7 Å². The Balaban J connectivity index is 2.12. The predicted molar refractivity (Wildman–Crippen MR) is 68.9 cm³/mol. The van der Waals surface area contributed by atoms with Gasteiger partial charge in [-0.3, -0.25) is 0 Å². The Morgan fingerprint density at radius 1 is 1.50 bits per heavy atom. The van der Waals surface area contributed by atoms with Gasteiger partial charge in [0, 0.05) is 17.3 Å². The maximum Gasteiger partial charge on any atom is 0.319 e. The molecule has 1 fully saturated rings. The van der Waals surface area contributed by atoms with Gasteiger partial charge in [-0.1, -0.05) is 17.3 Å². The van der Waals surface area contributed by atoms with Crippen molar-refractivity contribution in [2.45, 2.75) is 25.8 Å². The Bertz CT molecular complexity index is 495. The van der Waals surface area contributed by atoms with Gasteiger partial charge in [-0.15, -0.1) is 0 Å². The molecular weight excluding hydrogens is 232 g/mol. The van der Waals surface area contributed by atoms with Crippen LogP contribution in [-0.2, 0) is 0 Å². The molecule has 0 unspecified atom stereocenters. The van der Waals surface area contributed by atoms with E-state index in [2.05, 4.69) is 15.8 Å². The van der Waals surface area contributed by atoms with Gasteiger partial charge in [-0.2, -0.15) is 0 Å². The van der Waals surface area contributed by atoms with Crippen molar-refractivity contribution in [1.29, 1.82) is 0 Å². The third-order valence-electron chi connectivity index (χ3n) is 2.80. The molecule has 0 bridgehead atoms. The number of hydrogen-bond donors (Lipinski definition) is 4. The smallest absolute Gasteiger partial charge is 0.319 e. The monoisotopic (exact) mass is 248 g/mol. The zero-order valence-corrected chi connectivity index (χ0v) is 10.1. The summed E-state index contributed by atoms with van der Waals surface area (Å²) in [7, 11) is 0. The molecule has 0 aromatic heterocycles. The number of nitrogens with two attached hydrogens (primary N) is 1. The number of nitrogens with one attached hydrogen (secondary N) is 2. The van der Waals surface area contributed by atoms with Gasteiger partial charge in [-0.05, 0) is 31.4 Å². The van der Waals surface area contributed by atoms with Crippen molar-refractivity contribution >= 4 is 17.6 Å². The van der Waals surface area contributed by atoms with Crippen LogP contribution in [0.5, 0.6) is 0 Å². The van der Waals surface area contributed by atoms with Crippen molar-refractivity contribution in [3.8, 4) is 0 Å². The van der Waals surface area contributed by atoms with Crippen LogP contribution >= 0.6 is 0 Å². The van der Waals surface area contributed by atoms with Crippen molar-refractivity contribution in [3.05, 3.63) is 29.3 Å². The zero-order chi connectivity index (χ0) is 13.1. The molecule has 0 saturated heterocycles. The molecule has 1 saturated carbocycles. The Labute approximate surface area is 105 Å². The number of carbonyl (C=O) groups excluding carboxylic acids is 1. The second-order valence-corrected chi connectivity index (χ2v) is 4.39. The van der Waals surface area contributed by atoms with Crippen molar-refractivity contribution < 1.29 is 10.0 Å². The van der Waals surface area contributed by atoms with Gasteiger partial charge in [0.05, 0.1) is 0 Å². The van der Waals surface area contributed by atoms with E-state index in [4.69, 9.17) is 10.9 Å². The first-order chi connectivity index (χ1) is 8.60. The normalized spacial score (nSPS) is 15.3. The average molecular weight is 248 g/mol. The lowest BCUT2D eigenvalue weighted by molar-refractivity contribution is 0.251. The molecular formula is C12H16N4O2. The predicted octanol–water partition coefficient (Wildman–Crippen LogP) is 1.37. The van der Waals surface area contributed by atoms with Crippen LogP contribution in [0.4, 0.5) is 10.5 Å². The minimum Gasteiger partial charge on any atom is -0.409 e. The van der Waals surface area contributed by atoms with Gasteiger partial charge in [-0.25, -0.2) is 4.79 Å². The molecule has 0 aliphatic heterocycles. The third-order valence-corrected chi connectivity index (χ3v) is 2.80. The van der Waals surface area contributed by atoms with Crippen LogP contribution in [-0.4, -0.2) is 23.1 Å². The average Bonchev–Trinajstić information content (AvgIpc) is 3.14. The molecule has 0 radical (unpaired) electrons. The number of aryl methyl sites for hydroxylation is 1. The molecule has 96 valence electrons. The highest BCUT2D eigenvalue weighted by molar-refractivity contribution is 5.99. The molecule has 2 amide bonds. The van der Waals surface area contributed by atoms with Crippen LogP contribution in [0.15, 0.2) is 23.4 Å². The lowest BCUT2D eigenvalue weighted by Gasteiger charge is -2.10. The van der Waals surface area contributed by atoms with Crippen molar-refractivity contribution in [1.82, 2.24) is 5.32 Å². The van der Waals surface area contributed by atoms with E-state index in [9.17, 15) is 4.79 Å². The summed E-state index contributed by atoms with van der Waals surface area (Å²) in [6.45, 7) is 1.88. The Hall–Kier alpha value is -2.24. The molecule has 6 heteroatoms. The molecule has 1 aromatic rings. The first-order valence-corrected chi connectivity index (χ1v) is 5.76. The molecule has 2 rings (SSSR count). The fourth-order valence-electron chi connectivity index (χ4n) is 1.55. The summed E-state index contributed by atoms with van der Waals surface area (Å²) in [6, 6.07) is 5.29. The van der Waals surface area contributed by atoms with Crippen LogP contribution in [0.3, 0.4) is 0 Å². The molecule has 1 aliphatic rings. The minimum absolute atomic E-state index is 0.0145. The Kier molecular flexibility index (Phi) is 3.36. The third kappa shape index (κ3) is 2.91. The first-order valence-electron chi connectivity index (χ1n) is 5.76. The lowest BCUT2D eigenvalue weighted by atomic mass is 10.1. The van der Waals surface area contributed by atoms with Crippen LogP contribution in [0.25, 0.3) is 0 Å². The van der Waals surface area contributed by atoms with E-state index >= 15 is 0 Å². The zero-order valence-electron chi connectivity index (χ0n) is 10.1. The van der Waals surface area contributed by atoms with Gasteiger partial charge in [0.15, 0.2) is 5.84 Å². The highest BCUT2D eigenvalue weighted by Crippen LogP contribution is 2.20. The van der Waals surface area contributed by atoms with E-state index in [1.165, 1.54) is 0 Å². The molecule has 0 spiro atoms. The Morgan fingerprint density at radius 3 is 2.83 bits per heavy atom. The molecule has 1 aliphatic carbocycles. The number of hydrogen-bond acceptors (Lipinski definition) is 3. The van der Waals surface area contributed by atoms with Gasteiger partial charge >= 0.3 is 6.03 Å². The summed E-state index contributed by atoms with van der Waals surface area (Å²) >= 11 is 0. The molecule has 18 heavy (non-hydrogen) atoms. The van der Waals surface area contributed by atoms with Crippen LogP contribution < -0.4 is 16.4 Å². The van der Waals surface area contributed by atoms with Crippen LogP contribution in [0.2, 0.25) is 0 Å². The van der Waals surface area contributed by atoms with E-state index in [0.717, 1.165) is 18.4 Å². The second-order valence-electron chi connectivity index (χ2n) is 4.39. The number of amidine groups is 1. The largest absolute Gasteiger partial charge is 0.409 e. The van der Waals surface area contributed by atoms with Gasteiger partial charge in [0.2, 0.25) is 0 Å². The van der Waals surface area contributed by atoms with Crippen LogP contribution in [0.1, 0.15) is 24.0 Å².